The van der Waals surface area contributed by atoms with E-state index in [1.165, 1.54) is 12.0 Å². The second-order valence-electron chi connectivity index (χ2n) is 9.72. The molecule has 4 aliphatic heterocycles. The predicted molar refractivity (Wildman–Crippen MR) is 122 cm³/mol. The van der Waals surface area contributed by atoms with Gasteiger partial charge in [0, 0.05) is 22.3 Å². The summed E-state index contributed by atoms with van der Waals surface area (Å²) in [5.41, 5.74) is 3.11. The molecular weight excluding hydrogens is 456 g/mol. The Labute approximate surface area is 201 Å². The Hall–Kier alpha value is -3.21. The highest BCUT2D eigenvalue weighted by Gasteiger charge is 2.59. The Kier molecular flexibility index (Phi) is 4.70. The number of ether oxygens (including phenoxy) is 3. The monoisotopic (exact) mass is 484 g/mol. The maximum absolute atomic E-state index is 13.9. The number of hydrogen-bond donors (Lipinski definition) is 4. The van der Waals surface area contributed by atoms with Crippen LogP contribution in [0.1, 0.15) is 51.6 Å². The Morgan fingerprint density at radius 2 is 1.83 bits per heavy atom. The number of nitrogens with zero attached hydrogens (tertiary/aromatic N) is 2. The molecule has 6 rings (SSSR count). The van der Waals surface area contributed by atoms with Crippen LogP contribution in [0.3, 0.4) is 0 Å². The number of likely N-dealkylation sites (N-methyl/N-ethyl adjacent to an activating group) is 1. The van der Waals surface area contributed by atoms with E-state index in [-0.39, 0.29) is 29.8 Å². The van der Waals surface area contributed by atoms with Crippen LogP contribution in [0, 0.1) is 13.8 Å². The lowest BCUT2D eigenvalue weighted by Crippen LogP contribution is -2.67. The van der Waals surface area contributed by atoms with Crippen LogP contribution in [0.5, 0.6) is 28.7 Å². The normalized spacial score (nSPS) is 28.5. The fourth-order valence-corrected chi connectivity index (χ4v) is 6.64. The van der Waals surface area contributed by atoms with Crippen LogP contribution in [0.25, 0.3) is 0 Å². The zero-order valence-corrected chi connectivity index (χ0v) is 19.9. The molecule has 2 unspecified atom stereocenters. The molecule has 10 heteroatoms. The van der Waals surface area contributed by atoms with Gasteiger partial charge in [0.1, 0.15) is 11.9 Å². The number of methoxy groups -OCH3 is 1. The first-order chi connectivity index (χ1) is 16.7. The second-order valence-corrected chi connectivity index (χ2v) is 9.72. The standard InChI is InChI=1S/C25H28N2O8/c1-9-5-11-6-12-25(32)27-13(7-28)15-16(19(29)10(2)23-24(15)35-8-34-23)20(30)18(27)17(26(12)3)14(11)21(31)22(9)33-4/h5,12-13,17-18,20,28-31H,6-8H2,1-4H3/t12-,13-,17+,18?,20?/m0/s1. The summed E-state index contributed by atoms with van der Waals surface area (Å²) in [6, 6.07) is -1.02. The minimum atomic E-state index is -1.32. The molecule has 0 saturated carbocycles. The molecule has 0 radical (unpaired) electrons. The van der Waals surface area contributed by atoms with Crippen LogP contribution in [0.15, 0.2) is 6.07 Å². The van der Waals surface area contributed by atoms with Gasteiger partial charge >= 0.3 is 0 Å². The van der Waals surface area contributed by atoms with Crippen molar-refractivity contribution >= 4 is 5.91 Å². The second kappa shape index (κ2) is 7.39. The summed E-state index contributed by atoms with van der Waals surface area (Å²) >= 11 is 0. The lowest BCUT2D eigenvalue weighted by atomic mass is 9.72. The Morgan fingerprint density at radius 3 is 2.51 bits per heavy atom. The highest BCUT2D eigenvalue weighted by Crippen LogP contribution is 2.59. The van der Waals surface area contributed by atoms with Crippen LogP contribution in [0.4, 0.5) is 0 Å². The minimum Gasteiger partial charge on any atom is -0.507 e. The quantitative estimate of drug-likeness (QED) is 0.499. The van der Waals surface area contributed by atoms with E-state index in [9.17, 15) is 25.2 Å². The number of aryl methyl sites for hydroxylation is 1. The van der Waals surface area contributed by atoms with Gasteiger partial charge in [-0.15, -0.1) is 0 Å². The highest BCUT2D eigenvalue weighted by atomic mass is 16.7. The van der Waals surface area contributed by atoms with Crippen LogP contribution < -0.4 is 14.2 Å². The van der Waals surface area contributed by atoms with E-state index in [0.717, 1.165) is 11.1 Å². The van der Waals surface area contributed by atoms with Crippen LogP contribution in [0.2, 0.25) is 0 Å². The number of hydrogen-bond acceptors (Lipinski definition) is 9. The van der Waals surface area contributed by atoms with E-state index in [1.807, 2.05) is 17.9 Å². The molecule has 5 atom stereocenters. The van der Waals surface area contributed by atoms with Gasteiger partial charge in [-0.05, 0) is 38.4 Å². The van der Waals surface area contributed by atoms with Crippen molar-refractivity contribution in [2.75, 3.05) is 27.6 Å². The third-order valence-corrected chi connectivity index (χ3v) is 8.15. The molecule has 2 aromatic rings. The smallest absolute Gasteiger partial charge is 0.241 e. The van der Waals surface area contributed by atoms with Crippen molar-refractivity contribution in [1.82, 2.24) is 9.80 Å². The number of piperazine rings is 1. The molecule has 0 aromatic heterocycles. The van der Waals surface area contributed by atoms with Gasteiger partial charge in [-0.3, -0.25) is 9.69 Å². The predicted octanol–water partition coefficient (Wildman–Crippen LogP) is 1.34. The molecule has 10 nitrogen and oxygen atoms in total. The third-order valence-electron chi connectivity index (χ3n) is 8.15. The number of benzene rings is 2. The van der Waals surface area contributed by atoms with Crippen molar-refractivity contribution in [2.45, 2.75) is 50.5 Å². The molecule has 2 aromatic carbocycles. The number of amides is 1. The Balaban J connectivity index is 1.63. The highest BCUT2D eigenvalue weighted by molar-refractivity contribution is 5.86. The summed E-state index contributed by atoms with van der Waals surface area (Å²) in [7, 11) is 3.28. The van der Waals surface area contributed by atoms with Crippen molar-refractivity contribution < 1.29 is 39.4 Å². The molecule has 0 spiro atoms. The SMILES string of the molecule is COc1c(C)cc2c(c1O)[C@@H]1C3C(O)c4c(O)c(C)c5c(c4[C@H](CO)N3C(=O)[C@H](C2)N1C)OCO5. The van der Waals surface area contributed by atoms with Gasteiger partial charge in [0.05, 0.1) is 37.9 Å². The van der Waals surface area contributed by atoms with Gasteiger partial charge in [-0.1, -0.05) is 6.07 Å². The molecule has 35 heavy (non-hydrogen) atoms. The number of aliphatic hydroxyl groups is 2. The molecular formula is C25H28N2O8. The van der Waals surface area contributed by atoms with Crippen molar-refractivity contribution in [3.8, 4) is 28.7 Å². The summed E-state index contributed by atoms with van der Waals surface area (Å²) < 4.78 is 16.7. The van der Waals surface area contributed by atoms with Crippen LogP contribution >= 0.6 is 0 Å². The molecule has 4 N–H and O–H groups in total. The van der Waals surface area contributed by atoms with E-state index in [2.05, 4.69) is 0 Å². The summed E-state index contributed by atoms with van der Waals surface area (Å²) in [4.78, 5) is 17.3. The first-order valence-corrected chi connectivity index (χ1v) is 11.6. The van der Waals surface area contributed by atoms with E-state index in [4.69, 9.17) is 14.2 Å². The maximum atomic E-state index is 13.9. The van der Waals surface area contributed by atoms with E-state index < -0.39 is 36.9 Å². The molecule has 2 bridgehead atoms. The Bertz CT molecular complexity index is 1280. The van der Waals surface area contributed by atoms with Gasteiger partial charge in [-0.2, -0.15) is 0 Å². The largest absolute Gasteiger partial charge is 0.507 e. The van der Waals surface area contributed by atoms with Crippen molar-refractivity contribution in [3.63, 3.8) is 0 Å². The molecule has 4 aliphatic rings. The lowest BCUT2D eigenvalue weighted by molar-refractivity contribution is -0.168. The van der Waals surface area contributed by atoms with Gasteiger partial charge < -0.3 is 39.5 Å². The minimum absolute atomic E-state index is 0.0308. The molecule has 0 aliphatic carbocycles. The molecule has 1 amide bonds. The van der Waals surface area contributed by atoms with Gasteiger partial charge in [0.15, 0.2) is 23.0 Å². The van der Waals surface area contributed by atoms with Gasteiger partial charge in [0.2, 0.25) is 12.7 Å². The van der Waals surface area contributed by atoms with E-state index in [1.54, 1.807) is 14.0 Å². The molecule has 4 heterocycles. The van der Waals surface area contributed by atoms with Crippen molar-refractivity contribution in [2.24, 2.45) is 0 Å². The average molecular weight is 485 g/mol. The summed E-state index contributed by atoms with van der Waals surface area (Å²) in [6.07, 6.45) is -0.961. The van der Waals surface area contributed by atoms with Crippen LogP contribution in [-0.4, -0.2) is 75.8 Å². The topological polar surface area (TPSA) is 132 Å². The molecule has 1 fully saturated rings. The first kappa shape index (κ1) is 22.3. The van der Waals surface area contributed by atoms with Crippen molar-refractivity contribution in [1.29, 1.82) is 0 Å². The zero-order chi connectivity index (χ0) is 24.9. The van der Waals surface area contributed by atoms with Crippen LogP contribution in [-0.2, 0) is 11.2 Å². The van der Waals surface area contributed by atoms with E-state index in [0.29, 0.717) is 40.4 Å². The summed E-state index contributed by atoms with van der Waals surface area (Å²) in [5.74, 6) is 0.569. The fourth-order valence-electron chi connectivity index (χ4n) is 6.64. The average Bonchev–Trinajstić information content (AvgIpc) is 3.31. The number of fused-ring (bicyclic) bond motifs is 9. The van der Waals surface area contributed by atoms with Gasteiger partial charge in [0.25, 0.3) is 0 Å². The fraction of sp³-hybridized carbons (Fsp3) is 0.480. The third kappa shape index (κ3) is 2.61. The van der Waals surface area contributed by atoms with Gasteiger partial charge in [-0.25, -0.2) is 0 Å². The summed E-state index contributed by atoms with van der Waals surface area (Å²) in [5, 5.41) is 44.7. The number of phenolic OH excluding ortho intramolecular Hbond substituents is 2. The molecule has 186 valence electrons. The summed E-state index contributed by atoms with van der Waals surface area (Å²) in [6.45, 7) is 2.99. The number of aliphatic hydroxyl groups excluding tert-OH is 2. The number of carbonyl (C=O) groups excluding carboxylic acids is 1. The number of carbonyl (C=O) groups is 1. The Morgan fingerprint density at radius 1 is 1.11 bits per heavy atom. The van der Waals surface area contributed by atoms with E-state index >= 15 is 0 Å². The lowest BCUT2D eigenvalue weighted by Gasteiger charge is -2.58. The zero-order valence-electron chi connectivity index (χ0n) is 19.9. The number of rotatable bonds is 2. The molecule has 1 saturated heterocycles. The number of phenols is 2. The van der Waals surface area contributed by atoms with Crippen molar-refractivity contribution in [3.05, 3.63) is 39.4 Å². The number of aromatic hydroxyl groups is 2. The maximum Gasteiger partial charge on any atom is 0.241 e. The first-order valence-electron chi connectivity index (χ1n) is 11.6.